The van der Waals surface area contributed by atoms with Crippen molar-refractivity contribution >= 4 is 11.8 Å². The standard InChI is InChI=1S/C26H38N2O5/c1-15(2)12-20(27-16(3)29)25(30)28-11-10-21-17(14-28)13-19-23(32-21)18-8-7-9-22(31-6)24(18)33-26(19,4)5/h7-9,15,17,19-21,23H,10-14H2,1-6H3,(H,27,29)/t17-,19+,20-,21+,23-/m1/s1. The van der Waals surface area contributed by atoms with E-state index in [2.05, 4.69) is 39.1 Å². The molecule has 0 bridgehead atoms. The maximum Gasteiger partial charge on any atom is 0.245 e. The molecule has 3 aliphatic rings. The number of carbonyl (C=O) groups excluding carboxylic acids is 2. The summed E-state index contributed by atoms with van der Waals surface area (Å²) in [7, 11) is 1.66. The molecule has 1 aromatic rings. The van der Waals surface area contributed by atoms with Gasteiger partial charge in [-0.05, 0) is 45.1 Å². The Balaban J connectivity index is 1.52. The van der Waals surface area contributed by atoms with Gasteiger partial charge in [0.05, 0.1) is 19.3 Å². The molecule has 0 unspecified atom stereocenters. The molecule has 2 saturated heterocycles. The predicted molar refractivity (Wildman–Crippen MR) is 125 cm³/mol. The minimum Gasteiger partial charge on any atom is -0.493 e. The van der Waals surface area contributed by atoms with E-state index < -0.39 is 11.6 Å². The lowest BCUT2D eigenvalue weighted by atomic mass is 9.70. The Labute approximate surface area is 197 Å². The van der Waals surface area contributed by atoms with E-state index in [9.17, 15) is 9.59 Å². The minimum absolute atomic E-state index is 0.0220. The maximum atomic E-state index is 13.3. The van der Waals surface area contributed by atoms with E-state index in [1.807, 2.05) is 17.0 Å². The molecule has 0 aliphatic carbocycles. The molecule has 2 amide bonds. The smallest absolute Gasteiger partial charge is 0.245 e. The molecule has 0 aromatic heterocycles. The number of piperidine rings is 1. The zero-order valence-corrected chi connectivity index (χ0v) is 20.7. The van der Waals surface area contributed by atoms with Gasteiger partial charge in [0, 0.05) is 37.4 Å². The molecule has 7 nitrogen and oxygen atoms in total. The van der Waals surface area contributed by atoms with Gasteiger partial charge in [-0.15, -0.1) is 0 Å². The maximum absolute atomic E-state index is 13.3. The number of hydrogen-bond acceptors (Lipinski definition) is 5. The minimum atomic E-state index is -0.467. The highest BCUT2D eigenvalue weighted by molar-refractivity contribution is 5.87. The van der Waals surface area contributed by atoms with Crippen molar-refractivity contribution in [3.8, 4) is 11.5 Å². The fourth-order valence-electron chi connectivity index (χ4n) is 5.81. The number of ether oxygens (including phenoxy) is 3. The summed E-state index contributed by atoms with van der Waals surface area (Å²) < 4.78 is 18.7. The van der Waals surface area contributed by atoms with Crippen molar-refractivity contribution < 1.29 is 23.8 Å². The van der Waals surface area contributed by atoms with Crippen molar-refractivity contribution in [2.75, 3.05) is 20.2 Å². The van der Waals surface area contributed by atoms with Gasteiger partial charge in [0.2, 0.25) is 11.8 Å². The zero-order valence-electron chi connectivity index (χ0n) is 20.7. The van der Waals surface area contributed by atoms with Crippen molar-refractivity contribution in [2.45, 2.75) is 77.7 Å². The Bertz CT molecular complexity index is 899. The van der Waals surface area contributed by atoms with Crippen LogP contribution in [0.2, 0.25) is 0 Å². The molecular weight excluding hydrogens is 420 g/mol. The van der Waals surface area contributed by atoms with Gasteiger partial charge >= 0.3 is 0 Å². The number of likely N-dealkylation sites (tertiary alicyclic amines) is 1. The lowest BCUT2D eigenvalue weighted by Crippen LogP contribution is -2.58. The zero-order chi connectivity index (χ0) is 23.9. The molecule has 4 rings (SSSR count). The molecule has 1 aromatic carbocycles. The van der Waals surface area contributed by atoms with Gasteiger partial charge in [-0.2, -0.15) is 0 Å². The first-order valence-corrected chi connectivity index (χ1v) is 12.2. The molecular formula is C26H38N2O5. The highest BCUT2D eigenvalue weighted by Gasteiger charge is 2.52. The highest BCUT2D eigenvalue weighted by atomic mass is 16.5. The van der Waals surface area contributed by atoms with Crippen LogP contribution in [0.3, 0.4) is 0 Å². The van der Waals surface area contributed by atoms with Crippen LogP contribution in [0.25, 0.3) is 0 Å². The van der Waals surface area contributed by atoms with Crippen LogP contribution in [-0.2, 0) is 14.3 Å². The number of methoxy groups -OCH3 is 1. The fraction of sp³-hybridized carbons (Fsp3) is 0.692. The van der Waals surface area contributed by atoms with Crippen LogP contribution >= 0.6 is 0 Å². The number of fused-ring (bicyclic) bond motifs is 4. The van der Waals surface area contributed by atoms with Gasteiger partial charge in [0.25, 0.3) is 0 Å². The van der Waals surface area contributed by atoms with Crippen molar-refractivity contribution in [1.82, 2.24) is 10.2 Å². The molecule has 182 valence electrons. The molecule has 33 heavy (non-hydrogen) atoms. The molecule has 0 radical (unpaired) electrons. The summed E-state index contributed by atoms with van der Waals surface area (Å²) in [4.78, 5) is 27.0. The van der Waals surface area contributed by atoms with Crippen LogP contribution in [-0.4, -0.2) is 54.7 Å². The number of benzene rings is 1. The normalized spacial score (nSPS) is 28.6. The topological polar surface area (TPSA) is 77.1 Å². The first-order chi connectivity index (χ1) is 15.6. The van der Waals surface area contributed by atoms with Gasteiger partial charge in [-0.25, -0.2) is 0 Å². The third kappa shape index (κ3) is 4.70. The van der Waals surface area contributed by atoms with Crippen molar-refractivity contribution in [2.24, 2.45) is 17.8 Å². The summed E-state index contributed by atoms with van der Waals surface area (Å²) in [5.74, 6) is 2.12. The fourth-order valence-corrected chi connectivity index (χ4v) is 5.81. The number of rotatable bonds is 5. The van der Waals surface area contributed by atoms with Crippen LogP contribution in [0.1, 0.15) is 65.5 Å². The lowest BCUT2D eigenvalue weighted by Gasteiger charge is -2.53. The molecule has 3 heterocycles. The van der Waals surface area contributed by atoms with E-state index in [0.717, 1.165) is 29.9 Å². The van der Waals surface area contributed by atoms with E-state index in [4.69, 9.17) is 14.2 Å². The quantitative estimate of drug-likeness (QED) is 0.728. The second-order valence-electron chi connectivity index (χ2n) is 10.7. The summed E-state index contributed by atoms with van der Waals surface area (Å²) in [6.07, 6.45) is 2.43. The Hall–Kier alpha value is -2.28. The first-order valence-electron chi connectivity index (χ1n) is 12.2. The van der Waals surface area contributed by atoms with E-state index >= 15 is 0 Å². The highest BCUT2D eigenvalue weighted by Crippen LogP contribution is 2.55. The van der Waals surface area contributed by atoms with E-state index in [0.29, 0.717) is 25.4 Å². The summed E-state index contributed by atoms with van der Waals surface area (Å²) in [6.45, 7) is 11.1. The Kier molecular flexibility index (Phi) is 6.63. The van der Waals surface area contributed by atoms with Crippen molar-refractivity contribution in [3.63, 3.8) is 0 Å². The Morgan fingerprint density at radius 2 is 2.06 bits per heavy atom. The number of para-hydroxylation sites is 1. The average Bonchev–Trinajstić information content (AvgIpc) is 2.75. The first kappa shape index (κ1) is 23.9. The molecule has 2 fully saturated rings. The van der Waals surface area contributed by atoms with Crippen LogP contribution in [0.15, 0.2) is 18.2 Å². The Morgan fingerprint density at radius 1 is 1.30 bits per heavy atom. The second kappa shape index (κ2) is 9.16. The third-order valence-corrected chi connectivity index (χ3v) is 7.40. The average molecular weight is 459 g/mol. The van der Waals surface area contributed by atoms with Crippen LogP contribution < -0.4 is 14.8 Å². The van der Waals surface area contributed by atoms with E-state index in [1.54, 1.807) is 7.11 Å². The third-order valence-electron chi connectivity index (χ3n) is 7.40. The monoisotopic (exact) mass is 458 g/mol. The van der Waals surface area contributed by atoms with Crippen LogP contribution in [0.4, 0.5) is 0 Å². The number of nitrogens with one attached hydrogen (secondary N) is 1. The van der Waals surface area contributed by atoms with Gasteiger partial charge in [0.1, 0.15) is 11.6 Å². The van der Waals surface area contributed by atoms with Crippen molar-refractivity contribution in [3.05, 3.63) is 23.8 Å². The van der Waals surface area contributed by atoms with Crippen LogP contribution in [0.5, 0.6) is 11.5 Å². The molecule has 5 atom stereocenters. The van der Waals surface area contributed by atoms with Gasteiger partial charge in [-0.1, -0.05) is 26.0 Å². The largest absolute Gasteiger partial charge is 0.493 e. The summed E-state index contributed by atoms with van der Waals surface area (Å²) in [5, 5.41) is 2.87. The molecule has 0 spiro atoms. The second-order valence-corrected chi connectivity index (χ2v) is 10.7. The van der Waals surface area contributed by atoms with Crippen LogP contribution in [0, 0.1) is 17.8 Å². The number of nitrogens with zero attached hydrogens (tertiary/aromatic N) is 1. The van der Waals surface area contributed by atoms with Gasteiger partial charge in [-0.3, -0.25) is 9.59 Å². The SMILES string of the molecule is COc1cccc2c1OC(C)(C)[C@H]1C[C@@H]3CN(C(=O)[C@@H](CC(C)C)NC(C)=O)CC[C@@H]3O[C@H]21. The summed E-state index contributed by atoms with van der Waals surface area (Å²) in [6, 6.07) is 5.52. The molecule has 1 N–H and O–H groups in total. The Morgan fingerprint density at radius 3 is 2.73 bits per heavy atom. The molecule has 0 saturated carbocycles. The number of carbonyl (C=O) groups is 2. The number of amides is 2. The lowest BCUT2D eigenvalue weighted by molar-refractivity contribution is -0.189. The molecule has 3 aliphatic heterocycles. The molecule has 7 heteroatoms. The van der Waals surface area contributed by atoms with Gasteiger partial charge < -0.3 is 24.4 Å². The van der Waals surface area contributed by atoms with E-state index in [1.165, 1.54) is 6.92 Å². The van der Waals surface area contributed by atoms with Gasteiger partial charge in [0.15, 0.2) is 11.5 Å². The summed E-state index contributed by atoms with van der Waals surface area (Å²) >= 11 is 0. The predicted octanol–water partition coefficient (Wildman–Crippen LogP) is 3.71. The summed E-state index contributed by atoms with van der Waals surface area (Å²) in [5.41, 5.74) is 0.637. The number of hydrogen-bond donors (Lipinski definition) is 1. The van der Waals surface area contributed by atoms with E-state index in [-0.39, 0.29) is 35.9 Å². The van der Waals surface area contributed by atoms with Crippen molar-refractivity contribution in [1.29, 1.82) is 0 Å².